The fraction of sp³-hybridized carbons (Fsp3) is 0.333. The molecule has 1 aliphatic rings. The molecule has 1 N–H and O–H groups in total. The number of carbonyl (C=O) groups excluding carboxylic acids is 2. The van der Waals surface area contributed by atoms with Crippen LogP contribution in [0.5, 0.6) is 5.75 Å². The highest BCUT2D eigenvalue weighted by Crippen LogP contribution is 2.26. The van der Waals surface area contributed by atoms with Crippen molar-refractivity contribution in [2.75, 3.05) is 25.5 Å². The van der Waals surface area contributed by atoms with Crippen LogP contribution in [0.2, 0.25) is 0 Å². The largest absolute Gasteiger partial charge is 0.497 e. The summed E-state index contributed by atoms with van der Waals surface area (Å²) in [7, 11) is 1.59. The molecule has 3 aromatic rings. The van der Waals surface area contributed by atoms with Crippen molar-refractivity contribution >= 4 is 17.5 Å². The summed E-state index contributed by atoms with van der Waals surface area (Å²) in [6, 6.07) is 7.10. The number of nitrogens with one attached hydrogen (secondary N) is 1. The number of aryl methyl sites for hydroxylation is 2. The van der Waals surface area contributed by atoms with Crippen molar-refractivity contribution in [3.63, 3.8) is 0 Å². The van der Waals surface area contributed by atoms with Crippen LogP contribution in [-0.2, 0) is 0 Å². The van der Waals surface area contributed by atoms with Gasteiger partial charge < -0.3 is 15.0 Å². The van der Waals surface area contributed by atoms with Crippen LogP contribution >= 0.6 is 0 Å². The second-order valence-corrected chi connectivity index (χ2v) is 8.04. The van der Waals surface area contributed by atoms with Crippen LogP contribution in [0.15, 0.2) is 42.9 Å². The Balaban J connectivity index is 1.44. The first-order valence-electron chi connectivity index (χ1n) is 10.8. The number of nitrogens with zero attached hydrogens (tertiary/aromatic N) is 5. The first-order valence-corrected chi connectivity index (χ1v) is 10.8. The predicted octanol–water partition coefficient (Wildman–Crippen LogP) is 3.16. The van der Waals surface area contributed by atoms with Crippen LogP contribution in [0.4, 0.5) is 5.69 Å². The highest BCUT2D eigenvalue weighted by Gasteiger charge is 2.28. The van der Waals surface area contributed by atoms with E-state index in [-0.39, 0.29) is 17.7 Å². The third-order valence-electron chi connectivity index (χ3n) is 5.66. The summed E-state index contributed by atoms with van der Waals surface area (Å²) in [5.41, 5.74) is 2.77. The number of hydrogen-bond acceptors (Lipinski definition) is 7. The van der Waals surface area contributed by atoms with Gasteiger partial charge in [-0.3, -0.25) is 14.6 Å². The van der Waals surface area contributed by atoms with Gasteiger partial charge in [0.1, 0.15) is 17.3 Å². The van der Waals surface area contributed by atoms with Crippen molar-refractivity contribution in [3.8, 4) is 5.75 Å². The van der Waals surface area contributed by atoms with Crippen molar-refractivity contribution < 1.29 is 14.3 Å². The lowest BCUT2D eigenvalue weighted by atomic mass is 9.96. The molecular formula is C24H26N6O3. The highest BCUT2D eigenvalue weighted by atomic mass is 16.5. The zero-order valence-corrected chi connectivity index (χ0v) is 18.9. The second kappa shape index (κ2) is 9.72. The minimum Gasteiger partial charge on any atom is -0.497 e. The Bertz CT molecular complexity index is 1150. The molecule has 1 saturated heterocycles. The van der Waals surface area contributed by atoms with Gasteiger partial charge in [-0.05, 0) is 51.0 Å². The molecule has 0 unspecified atom stereocenters. The van der Waals surface area contributed by atoms with Crippen LogP contribution in [0.1, 0.15) is 56.8 Å². The molecule has 2 aromatic heterocycles. The number of hydrogen-bond donors (Lipinski definition) is 1. The lowest BCUT2D eigenvalue weighted by Crippen LogP contribution is -2.40. The number of benzene rings is 1. The van der Waals surface area contributed by atoms with Gasteiger partial charge in [-0.1, -0.05) is 0 Å². The molecular weight excluding hydrogens is 420 g/mol. The fourth-order valence-electron chi connectivity index (χ4n) is 3.81. The third kappa shape index (κ3) is 5.14. The monoisotopic (exact) mass is 446 g/mol. The number of methoxy groups -OCH3 is 1. The van der Waals surface area contributed by atoms with E-state index in [9.17, 15) is 9.59 Å². The molecule has 0 spiro atoms. The molecule has 1 atom stereocenters. The van der Waals surface area contributed by atoms with Crippen molar-refractivity contribution in [2.45, 2.75) is 32.6 Å². The minimum atomic E-state index is -0.275. The molecule has 0 radical (unpaired) electrons. The maximum atomic E-state index is 12.8. The summed E-state index contributed by atoms with van der Waals surface area (Å²) in [6.07, 6.45) is 6.38. The summed E-state index contributed by atoms with van der Waals surface area (Å²) < 4.78 is 5.14. The van der Waals surface area contributed by atoms with Crippen molar-refractivity contribution in [3.05, 3.63) is 71.3 Å². The van der Waals surface area contributed by atoms with Gasteiger partial charge in [-0.25, -0.2) is 15.0 Å². The molecule has 9 heteroatoms. The van der Waals surface area contributed by atoms with Gasteiger partial charge in [0.25, 0.3) is 11.8 Å². The third-order valence-corrected chi connectivity index (χ3v) is 5.66. The molecule has 9 nitrogen and oxygen atoms in total. The van der Waals surface area contributed by atoms with Crippen LogP contribution in [0.3, 0.4) is 0 Å². The van der Waals surface area contributed by atoms with Crippen molar-refractivity contribution in [1.82, 2.24) is 24.8 Å². The summed E-state index contributed by atoms with van der Waals surface area (Å²) in [4.78, 5) is 44.8. The van der Waals surface area contributed by atoms with E-state index in [4.69, 9.17) is 4.74 Å². The minimum absolute atomic E-state index is 0.00138. The molecule has 170 valence electrons. The summed E-state index contributed by atoms with van der Waals surface area (Å²) in [5.74, 6) is 0.938. The zero-order valence-electron chi connectivity index (χ0n) is 18.9. The van der Waals surface area contributed by atoms with E-state index >= 15 is 0 Å². The first-order chi connectivity index (χ1) is 15.9. The Morgan fingerprint density at radius 2 is 1.85 bits per heavy atom. The smallest absolute Gasteiger partial charge is 0.274 e. The predicted molar refractivity (Wildman–Crippen MR) is 122 cm³/mol. The van der Waals surface area contributed by atoms with Gasteiger partial charge in [0.05, 0.1) is 30.3 Å². The van der Waals surface area contributed by atoms with E-state index in [0.29, 0.717) is 47.3 Å². The molecule has 2 amide bonds. The molecule has 0 saturated carbocycles. The van der Waals surface area contributed by atoms with Gasteiger partial charge in [0, 0.05) is 37.1 Å². The standard InChI is InChI=1S/C24H26N6O3/c1-15-11-26-21(13-25-15)24(32)30-10-4-5-17(14-30)22-27-12-20(16(2)28-22)23(31)29-18-6-8-19(33-3)9-7-18/h6-9,11-13,17H,4-5,10,14H2,1-3H3,(H,29,31)/t17-/m1/s1. The van der Waals surface area contributed by atoms with E-state index in [2.05, 4.69) is 25.3 Å². The number of rotatable bonds is 5. The topological polar surface area (TPSA) is 110 Å². The van der Waals surface area contributed by atoms with E-state index in [0.717, 1.165) is 18.5 Å². The Hall–Kier alpha value is -3.88. The normalized spacial score (nSPS) is 15.7. The molecule has 3 heterocycles. The number of likely N-dealkylation sites (tertiary alicyclic amines) is 1. The van der Waals surface area contributed by atoms with Crippen LogP contribution < -0.4 is 10.1 Å². The second-order valence-electron chi connectivity index (χ2n) is 8.04. The van der Waals surface area contributed by atoms with Crippen molar-refractivity contribution in [1.29, 1.82) is 0 Å². The number of ether oxygens (including phenoxy) is 1. The summed E-state index contributed by atoms with van der Waals surface area (Å²) in [5, 5.41) is 2.85. The SMILES string of the molecule is COc1ccc(NC(=O)c2cnc([C@@H]3CCCN(C(=O)c4cnc(C)cn4)C3)nc2C)cc1. The van der Waals surface area contributed by atoms with Gasteiger partial charge in [0.15, 0.2) is 0 Å². The Labute approximate surface area is 192 Å². The average molecular weight is 447 g/mol. The number of anilines is 1. The fourth-order valence-corrected chi connectivity index (χ4v) is 3.81. The molecule has 4 rings (SSSR count). The Morgan fingerprint density at radius 1 is 1.06 bits per heavy atom. The van der Waals surface area contributed by atoms with E-state index in [1.165, 1.54) is 6.20 Å². The quantitative estimate of drug-likeness (QED) is 0.641. The lowest BCUT2D eigenvalue weighted by molar-refractivity contribution is 0.0698. The number of carbonyl (C=O) groups is 2. The molecule has 1 aliphatic heterocycles. The van der Waals surface area contributed by atoms with E-state index in [1.54, 1.807) is 55.6 Å². The lowest BCUT2D eigenvalue weighted by Gasteiger charge is -2.31. The Morgan fingerprint density at radius 3 is 2.52 bits per heavy atom. The molecule has 0 bridgehead atoms. The Kier molecular flexibility index (Phi) is 6.58. The van der Waals surface area contributed by atoms with E-state index in [1.807, 2.05) is 6.92 Å². The van der Waals surface area contributed by atoms with Gasteiger partial charge in [-0.2, -0.15) is 0 Å². The highest BCUT2D eigenvalue weighted by molar-refractivity contribution is 6.04. The molecule has 1 aromatic carbocycles. The van der Waals surface area contributed by atoms with Crippen LogP contribution in [0.25, 0.3) is 0 Å². The first kappa shape index (κ1) is 22.3. The average Bonchev–Trinajstić information content (AvgIpc) is 2.84. The number of piperidine rings is 1. The number of aromatic nitrogens is 4. The summed E-state index contributed by atoms with van der Waals surface area (Å²) >= 11 is 0. The maximum absolute atomic E-state index is 12.8. The maximum Gasteiger partial charge on any atom is 0.274 e. The zero-order chi connectivity index (χ0) is 23.4. The molecule has 33 heavy (non-hydrogen) atoms. The molecule has 1 fully saturated rings. The summed E-state index contributed by atoms with van der Waals surface area (Å²) in [6.45, 7) is 4.79. The number of amides is 2. The van der Waals surface area contributed by atoms with Gasteiger partial charge in [-0.15, -0.1) is 0 Å². The van der Waals surface area contributed by atoms with Crippen molar-refractivity contribution in [2.24, 2.45) is 0 Å². The van der Waals surface area contributed by atoms with Gasteiger partial charge in [0.2, 0.25) is 0 Å². The van der Waals surface area contributed by atoms with Gasteiger partial charge >= 0.3 is 0 Å². The van der Waals surface area contributed by atoms with E-state index < -0.39 is 0 Å². The molecule has 0 aliphatic carbocycles. The van der Waals surface area contributed by atoms with Crippen LogP contribution in [0, 0.1) is 13.8 Å². The van der Waals surface area contributed by atoms with Crippen LogP contribution in [-0.4, -0.2) is 56.8 Å².